The molecular weight excluding hydrogens is 681 g/mol. The Hall–Kier alpha value is -1.27. The summed E-state index contributed by atoms with van der Waals surface area (Å²) in [5.41, 5.74) is 0. The van der Waals surface area contributed by atoms with Gasteiger partial charge in [-0.3, -0.25) is 14.2 Å². The van der Waals surface area contributed by atoms with Crippen molar-refractivity contribution in [2.45, 2.75) is 173 Å². The number of carbonyl (C=O) groups is 2. The van der Waals surface area contributed by atoms with Gasteiger partial charge in [-0.1, -0.05) is 104 Å². The molecule has 0 aromatic heterocycles. The number of ether oxygens (including phenoxy) is 2. The molecule has 0 aliphatic heterocycles. The fraction of sp³-hybridized carbons (Fsp3) is 0.944. The molecule has 14 heteroatoms. The first-order valence-electron chi connectivity index (χ1n) is 18.9. The van der Waals surface area contributed by atoms with Crippen LogP contribution in [0.1, 0.15) is 155 Å². The number of unbranched alkanes of at least 4 members (excludes halogenated alkanes) is 14. The van der Waals surface area contributed by atoms with E-state index in [2.05, 4.69) is 13.8 Å². The molecule has 298 valence electrons. The molecule has 0 radical (unpaired) electrons. The SMILES string of the molecule is CCCCCCCCCCC(F)(F)CCC(=O)OC[C@H](COP(=O)([O-])OCC[N+](C)(C)C)OC(=O)CCC(F)(F)CCCCCCCCCC. The smallest absolute Gasteiger partial charge is 0.306 e. The molecule has 2 atom stereocenters. The van der Waals surface area contributed by atoms with Crippen LogP contribution in [0.3, 0.4) is 0 Å². The molecule has 0 spiro atoms. The number of likely N-dealkylation sites (N-methyl/N-ethyl adjacent to an activating group) is 1. The average Bonchev–Trinajstić information content (AvgIpc) is 3.02. The Kier molecular flexibility index (Phi) is 26.7. The quantitative estimate of drug-likeness (QED) is 0.0210. The van der Waals surface area contributed by atoms with Gasteiger partial charge >= 0.3 is 11.9 Å². The van der Waals surface area contributed by atoms with Crippen LogP contribution >= 0.6 is 7.82 Å². The molecule has 0 N–H and O–H groups in total. The Balaban J connectivity index is 4.89. The van der Waals surface area contributed by atoms with Crippen LogP contribution in [0.15, 0.2) is 0 Å². The first-order valence-corrected chi connectivity index (χ1v) is 20.4. The van der Waals surface area contributed by atoms with E-state index in [1.165, 1.54) is 12.8 Å². The normalized spacial score (nSPS) is 14.4. The van der Waals surface area contributed by atoms with E-state index in [9.17, 15) is 36.6 Å². The highest BCUT2D eigenvalue weighted by Gasteiger charge is 2.31. The Morgan fingerprint density at radius 3 is 1.50 bits per heavy atom. The van der Waals surface area contributed by atoms with Crippen LogP contribution in [0.2, 0.25) is 0 Å². The lowest BCUT2D eigenvalue weighted by molar-refractivity contribution is -0.870. The molecule has 0 aromatic carbocycles. The second kappa shape index (κ2) is 27.4. The fourth-order valence-corrected chi connectivity index (χ4v) is 5.84. The number of esters is 2. The number of quaternary nitrogens is 1. The topological polar surface area (TPSA) is 111 Å². The van der Waals surface area contributed by atoms with Gasteiger partial charge in [0.25, 0.3) is 7.82 Å². The second-order valence-corrected chi connectivity index (χ2v) is 16.0. The third-order valence-electron chi connectivity index (χ3n) is 8.34. The number of phosphoric ester groups is 1. The third-order valence-corrected chi connectivity index (χ3v) is 9.30. The van der Waals surface area contributed by atoms with Gasteiger partial charge in [-0.25, -0.2) is 17.6 Å². The van der Waals surface area contributed by atoms with Gasteiger partial charge in [0.15, 0.2) is 6.10 Å². The summed E-state index contributed by atoms with van der Waals surface area (Å²) < 4.78 is 90.2. The molecule has 0 fully saturated rings. The molecule has 0 saturated carbocycles. The number of rotatable bonds is 34. The summed E-state index contributed by atoms with van der Waals surface area (Å²) in [6, 6.07) is 0. The summed E-state index contributed by atoms with van der Waals surface area (Å²) in [6.07, 6.45) is 9.95. The number of phosphoric acid groups is 1. The zero-order valence-electron chi connectivity index (χ0n) is 31.6. The van der Waals surface area contributed by atoms with Crippen LogP contribution in [-0.2, 0) is 32.7 Å². The number of hydrogen-bond acceptors (Lipinski definition) is 8. The van der Waals surface area contributed by atoms with E-state index in [1.54, 1.807) is 0 Å². The van der Waals surface area contributed by atoms with Crippen molar-refractivity contribution in [3.63, 3.8) is 0 Å². The van der Waals surface area contributed by atoms with E-state index in [0.717, 1.165) is 64.2 Å². The summed E-state index contributed by atoms with van der Waals surface area (Å²) in [7, 11) is 0.624. The first-order chi connectivity index (χ1) is 23.4. The van der Waals surface area contributed by atoms with Crippen molar-refractivity contribution in [2.75, 3.05) is 47.5 Å². The van der Waals surface area contributed by atoms with E-state index < -0.39 is 76.6 Å². The van der Waals surface area contributed by atoms with Crippen LogP contribution in [0.4, 0.5) is 17.6 Å². The lowest BCUT2D eigenvalue weighted by Crippen LogP contribution is -2.37. The van der Waals surface area contributed by atoms with Crippen molar-refractivity contribution >= 4 is 19.8 Å². The van der Waals surface area contributed by atoms with E-state index in [-0.39, 0.29) is 19.4 Å². The Labute approximate surface area is 299 Å². The molecule has 0 bridgehead atoms. The molecule has 0 heterocycles. The minimum Gasteiger partial charge on any atom is -0.756 e. The van der Waals surface area contributed by atoms with Crippen LogP contribution < -0.4 is 4.89 Å². The number of halogens is 4. The maximum Gasteiger partial charge on any atom is 0.306 e. The van der Waals surface area contributed by atoms with E-state index in [1.807, 2.05) is 21.1 Å². The fourth-order valence-electron chi connectivity index (χ4n) is 5.11. The molecule has 0 aliphatic carbocycles. The van der Waals surface area contributed by atoms with Gasteiger partial charge in [-0.05, 0) is 12.8 Å². The summed E-state index contributed by atoms with van der Waals surface area (Å²) in [4.78, 5) is 37.1. The number of carbonyl (C=O) groups excluding carboxylic acids is 2. The van der Waals surface area contributed by atoms with Gasteiger partial charge in [0.1, 0.15) is 19.8 Å². The van der Waals surface area contributed by atoms with E-state index in [4.69, 9.17) is 18.5 Å². The number of nitrogens with zero attached hydrogens (tertiary/aromatic N) is 1. The molecular formula is C36H68F4NO8P. The minimum absolute atomic E-state index is 0.190. The van der Waals surface area contributed by atoms with E-state index in [0.29, 0.717) is 36.7 Å². The van der Waals surface area contributed by atoms with Gasteiger partial charge in [0, 0.05) is 25.7 Å². The van der Waals surface area contributed by atoms with Crippen molar-refractivity contribution in [3.8, 4) is 0 Å². The third kappa shape index (κ3) is 31.5. The van der Waals surface area contributed by atoms with E-state index >= 15 is 0 Å². The van der Waals surface area contributed by atoms with Crippen LogP contribution in [0.5, 0.6) is 0 Å². The molecule has 0 aromatic rings. The lowest BCUT2D eigenvalue weighted by atomic mass is 10.0. The predicted molar refractivity (Wildman–Crippen MR) is 186 cm³/mol. The largest absolute Gasteiger partial charge is 0.756 e. The Bertz CT molecular complexity index is 936. The van der Waals surface area contributed by atoms with Gasteiger partial charge in [0.05, 0.1) is 40.6 Å². The predicted octanol–water partition coefficient (Wildman–Crippen LogP) is 9.54. The van der Waals surface area contributed by atoms with Crippen molar-refractivity contribution in [3.05, 3.63) is 0 Å². The minimum atomic E-state index is -4.86. The van der Waals surface area contributed by atoms with Gasteiger partial charge in [-0.2, -0.15) is 0 Å². The highest BCUT2D eigenvalue weighted by Crippen LogP contribution is 2.38. The van der Waals surface area contributed by atoms with Gasteiger partial charge in [0.2, 0.25) is 11.8 Å². The monoisotopic (exact) mass is 749 g/mol. The average molecular weight is 750 g/mol. The Morgan fingerprint density at radius 1 is 0.640 bits per heavy atom. The van der Waals surface area contributed by atoms with Crippen LogP contribution in [0, 0.1) is 0 Å². The van der Waals surface area contributed by atoms with Gasteiger partial charge in [-0.15, -0.1) is 0 Å². The molecule has 0 saturated heterocycles. The standard InChI is InChI=1S/C36H68F4NO8P/c1-6-8-10-12-14-16-18-20-24-35(37,38)26-22-33(42)46-30-32(31-48-50(44,45)47-29-28-41(3,4)5)49-34(43)23-27-36(39,40)25-21-19-17-15-13-11-9-7-2/h32H,6-31H2,1-5H3/t32-/m1/s1. The maximum atomic E-state index is 14.5. The Morgan fingerprint density at radius 2 is 1.06 bits per heavy atom. The number of hydrogen-bond donors (Lipinski definition) is 0. The molecule has 1 unspecified atom stereocenters. The molecule has 0 rings (SSSR count). The molecule has 9 nitrogen and oxygen atoms in total. The number of alkyl halides is 4. The molecule has 0 aliphatic rings. The molecule has 50 heavy (non-hydrogen) atoms. The maximum absolute atomic E-state index is 14.5. The summed E-state index contributed by atoms with van der Waals surface area (Å²) >= 11 is 0. The van der Waals surface area contributed by atoms with Crippen molar-refractivity contribution < 1.29 is 59.6 Å². The van der Waals surface area contributed by atoms with Crippen LogP contribution in [-0.4, -0.2) is 81.9 Å². The highest BCUT2D eigenvalue weighted by molar-refractivity contribution is 7.45. The lowest BCUT2D eigenvalue weighted by Gasteiger charge is -2.28. The second-order valence-electron chi connectivity index (χ2n) is 14.5. The summed E-state index contributed by atoms with van der Waals surface area (Å²) in [5, 5.41) is 0. The first kappa shape index (κ1) is 48.7. The zero-order valence-corrected chi connectivity index (χ0v) is 32.5. The molecule has 0 amide bonds. The zero-order chi connectivity index (χ0) is 37.9. The summed E-state index contributed by atoms with van der Waals surface area (Å²) in [6.45, 7) is 2.88. The highest BCUT2D eigenvalue weighted by atomic mass is 31.2. The van der Waals surface area contributed by atoms with Crippen molar-refractivity contribution in [2.24, 2.45) is 0 Å². The van der Waals surface area contributed by atoms with Crippen molar-refractivity contribution in [1.29, 1.82) is 0 Å². The van der Waals surface area contributed by atoms with Crippen molar-refractivity contribution in [1.82, 2.24) is 0 Å². The van der Waals surface area contributed by atoms with Crippen LogP contribution in [0.25, 0.3) is 0 Å². The van der Waals surface area contributed by atoms with Gasteiger partial charge < -0.3 is 27.9 Å². The summed E-state index contributed by atoms with van der Waals surface area (Å²) in [5.74, 6) is -8.21.